The summed E-state index contributed by atoms with van der Waals surface area (Å²) in [5.41, 5.74) is 0.458. The summed E-state index contributed by atoms with van der Waals surface area (Å²) < 4.78 is 1.71. The van der Waals surface area contributed by atoms with Crippen molar-refractivity contribution in [3.63, 3.8) is 0 Å². The molecule has 0 aromatic carbocycles. The van der Waals surface area contributed by atoms with E-state index in [4.69, 9.17) is 0 Å². The van der Waals surface area contributed by atoms with Gasteiger partial charge in [0.1, 0.15) is 4.47 Å². The van der Waals surface area contributed by atoms with Crippen molar-refractivity contribution in [1.29, 1.82) is 0 Å². The topological polar surface area (TPSA) is 76.0 Å². The van der Waals surface area contributed by atoms with Crippen molar-refractivity contribution < 1.29 is 4.79 Å². The van der Waals surface area contributed by atoms with E-state index < -0.39 is 0 Å². The monoisotopic (exact) mass is 300 g/mol. The van der Waals surface area contributed by atoms with Gasteiger partial charge in [-0.2, -0.15) is 5.10 Å². The van der Waals surface area contributed by atoms with Gasteiger partial charge in [-0.3, -0.25) is 9.59 Å². The number of anilines is 1. The largest absolute Gasteiger partial charge is 0.381 e. The van der Waals surface area contributed by atoms with Gasteiger partial charge in [0.05, 0.1) is 11.9 Å². The molecule has 2 N–H and O–H groups in total. The van der Waals surface area contributed by atoms with E-state index in [0.717, 1.165) is 6.42 Å². The number of hydrogen-bond acceptors (Lipinski definition) is 4. The summed E-state index contributed by atoms with van der Waals surface area (Å²) in [6.07, 6.45) is 2.98. The summed E-state index contributed by atoms with van der Waals surface area (Å²) in [6, 6.07) is 0.124. The van der Waals surface area contributed by atoms with Crippen LogP contribution in [0.4, 0.5) is 5.69 Å². The van der Waals surface area contributed by atoms with E-state index in [2.05, 4.69) is 31.7 Å². The Bertz CT molecular complexity index is 500. The molecule has 2 heterocycles. The fourth-order valence-corrected chi connectivity index (χ4v) is 2.20. The first-order valence-corrected chi connectivity index (χ1v) is 6.12. The van der Waals surface area contributed by atoms with Gasteiger partial charge in [0.2, 0.25) is 5.91 Å². The minimum Gasteiger partial charge on any atom is -0.381 e. The standard InChI is InChI=1S/C10H13BrN4O2/c1-15-10(17)9(11)7(5-13-15)12-4-6-2-3-8(16)14-6/h5-6,12H,2-4H2,1H3,(H,14,16). The molecular weight excluding hydrogens is 288 g/mol. The number of nitrogens with zero attached hydrogens (tertiary/aromatic N) is 2. The number of nitrogens with one attached hydrogen (secondary N) is 2. The minimum atomic E-state index is -0.189. The second kappa shape index (κ2) is 4.87. The van der Waals surface area contributed by atoms with Crippen LogP contribution in [0.25, 0.3) is 0 Å². The summed E-state index contributed by atoms with van der Waals surface area (Å²) in [4.78, 5) is 22.6. The van der Waals surface area contributed by atoms with Crippen molar-refractivity contribution in [3.8, 4) is 0 Å². The lowest BCUT2D eigenvalue weighted by Crippen LogP contribution is -2.32. The fourth-order valence-electron chi connectivity index (χ4n) is 1.70. The number of aryl methyl sites for hydroxylation is 1. The highest BCUT2D eigenvalue weighted by atomic mass is 79.9. The van der Waals surface area contributed by atoms with Gasteiger partial charge in [0.25, 0.3) is 5.56 Å². The van der Waals surface area contributed by atoms with Crippen molar-refractivity contribution in [3.05, 3.63) is 21.0 Å². The molecule has 1 saturated heterocycles. The Balaban J connectivity index is 2.02. The van der Waals surface area contributed by atoms with Gasteiger partial charge in [-0.25, -0.2) is 4.68 Å². The van der Waals surface area contributed by atoms with Crippen molar-refractivity contribution in [1.82, 2.24) is 15.1 Å². The molecule has 2 rings (SSSR count). The average Bonchev–Trinajstić information content (AvgIpc) is 2.71. The molecule has 1 aliphatic heterocycles. The molecule has 6 nitrogen and oxygen atoms in total. The van der Waals surface area contributed by atoms with E-state index >= 15 is 0 Å². The smallest absolute Gasteiger partial charge is 0.282 e. The second-order valence-electron chi connectivity index (χ2n) is 3.98. The first-order chi connectivity index (χ1) is 8.08. The predicted molar refractivity (Wildman–Crippen MR) is 66.8 cm³/mol. The molecule has 1 unspecified atom stereocenters. The molecule has 1 fully saturated rings. The minimum absolute atomic E-state index is 0.0815. The van der Waals surface area contributed by atoms with Crippen molar-refractivity contribution in [2.75, 3.05) is 11.9 Å². The fraction of sp³-hybridized carbons (Fsp3) is 0.500. The third-order valence-electron chi connectivity index (χ3n) is 2.70. The van der Waals surface area contributed by atoms with Crippen LogP contribution < -0.4 is 16.2 Å². The number of hydrogen-bond donors (Lipinski definition) is 2. The van der Waals surface area contributed by atoms with Crippen molar-refractivity contribution >= 4 is 27.5 Å². The normalized spacial score (nSPS) is 19.2. The van der Waals surface area contributed by atoms with E-state index in [9.17, 15) is 9.59 Å². The van der Waals surface area contributed by atoms with Gasteiger partial charge in [0, 0.05) is 26.1 Å². The van der Waals surface area contributed by atoms with Crippen molar-refractivity contribution in [2.24, 2.45) is 7.05 Å². The number of carbonyl (C=O) groups is 1. The lowest BCUT2D eigenvalue weighted by molar-refractivity contribution is -0.119. The molecule has 0 aliphatic carbocycles. The number of carbonyl (C=O) groups excluding carboxylic acids is 1. The van der Waals surface area contributed by atoms with Crippen LogP contribution >= 0.6 is 15.9 Å². The zero-order valence-electron chi connectivity index (χ0n) is 9.36. The maximum atomic E-state index is 11.6. The Morgan fingerprint density at radius 1 is 1.65 bits per heavy atom. The number of aromatic nitrogens is 2. The number of amides is 1. The second-order valence-corrected chi connectivity index (χ2v) is 4.78. The summed E-state index contributed by atoms with van der Waals surface area (Å²) in [5, 5.41) is 9.88. The Morgan fingerprint density at radius 3 is 3.06 bits per heavy atom. The molecule has 1 aromatic rings. The van der Waals surface area contributed by atoms with Crippen LogP contribution in [0.1, 0.15) is 12.8 Å². The highest BCUT2D eigenvalue weighted by Crippen LogP contribution is 2.16. The van der Waals surface area contributed by atoms with E-state index in [1.165, 1.54) is 4.68 Å². The third-order valence-corrected chi connectivity index (χ3v) is 3.47. The number of halogens is 1. The highest BCUT2D eigenvalue weighted by Gasteiger charge is 2.20. The van der Waals surface area contributed by atoms with Crippen LogP contribution in [0.2, 0.25) is 0 Å². The summed E-state index contributed by atoms with van der Waals surface area (Å²) >= 11 is 3.23. The van der Waals surface area contributed by atoms with Gasteiger partial charge in [0.15, 0.2) is 0 Å². The Hall–Kier alpha value is -1.37. The van der Waals surface area contributed by atoms with Crippen LogP contribution in [-0.4, -0.2) is 28.3 Å². The summed E-state index contributed by atoms with van der Waals surface area (Å²) in [7, 11) is 1.59. The zero-order valence-corrected chi connectivity index (χ0v) is 11.0. The van der Waals surface area contributed by atoms with E-state index in [-0.39, 0.29) is 17.5 Å². The first-order valence-electron chi connectivity index (χ1n) is 5.33. The molecule has 1 amide bonds. The Kier molecular flexibility index (Phi) is 3.46. The summed E-state index contributed by atoms with van der Waals surface area (Å²) in [6.45, 7) is 0.596. The van der Waals surface area contributed by atoms with Crippen LogP contribution in [0.3, 0.4) is 0 Å². The van der Waals surface area contributed by atoms with Gasteiger partial charge in [-0.05, 0) is 22.4 Å². The summed E-state index contributed by atoms with van der Waals surface area (Å²) in [5.74, 6) is 0.0815. The zero-order chi connectivity index (χ0) is 12.4. The van der Waals surface area contributed by atoms with Gasteiger partial charge in [-0.1, -0.05) is 0 Å². The SMILES string of the molecule is Cn1ncc(NCC2CCC(=O)N2)c(Br)c1=O. The molecule has 17 heavy (non-hydrogen) atoms. The number of rotatable bonds is 3. The average molecular weight is 301 g/mol. The van der Waals surface area contributed by atoms with Gasteiger partial charge >= 0.3 is 0 Å². The Morgan fingerprint density at radius 2 is 2.41 bits per heavy atom. The molecule has 1 aliphatic rings. The molecule has 7 heteroatoms. The third kappa shape index (κ3) is 2.66. The van der Waals surface area contributed by atoms with E-state index in [0.29, 0.717) is 23.1 Å². The first kappa shape index (κ1) is 12.1. The lowest BCUT2D eigenvalue weighted by Gasteiger charge is -2.13. The molecule has 0 saturated carbocycles. The van der Waals surface area contributed by atoms with Crippen molar-refractivity contribution in [2.45, 2.75) is 18.9 Å². The molecule has 0 spiro atoms. The highest BCUT2D eigenvalue weighted by molar-refractivity contribution is 9.10. The quantitative estimate of drug-likeness (QED) is 0.838. The molecule has 0 radical (unpaired) electrons. The van der Waals surface area contributed by atoms with Gasteiger partial charge in [-0.15, -0.1) is 0 Å². The lowest BCUT2D eigenvalue weighted by atomic mass is 10.2. The van der Waals surface area contributed by atoms with E-state index in [1.807, 2.05) is 0 Å². The molecule has 92 valence electrons. The predicted octanol–water partition coefficient (Wildman–Crippen LogP) is 0.233. The molecule has 1 atom stereocenters. The van der Waals surface area contributed by atoms with E-state index in [1.54, 1.807) is 13.2 Å². The van der Waals surface area contributed by atoms with Gasteiger partial charge < -0.3 is 10.6 Å². The van der Waals surface area contributed by atoms with Crippen LogP contribution in [0.15, 0.2) is 15.5 Å². The maximum Gasteiger partial charge on any atom is 0.282 e. The molecular formula is C10H13BrN4O2. The van der Waals surface area contributed by atoms with Crippen LogP contribution in [-0.2, 0) is 11.8 Å². The molecule has 0 bridgehead atoms. The molecule has 1 aromatic heterocycles. The van der Waals surface area contributed by atoms with Crippen LogP contribution in [0.5, 0.6) is 0 Å². The van der Waals surface area contributed by atoms with Crippen LogP contribution in [0, 0.1) is 0 Å². The maximum absolute atomic E-state index is 11.6. The Labute approximate surface area is 107 Å².